The average molecular weight is 521 g/mol. The maximum atomic E-state index is 15.4. The summed E-state index contributed by atoms with van der Waals surface area (Å²) in [5.41, 5.74) is -1.52. The van der Waals surface area contributed by atoms with Gasteiger partial charge >= 0.3 is 0 Å². The highest BCUT2D eigenvalue weighted by Gasteiger charge is 2.26. The zero-order valence-electron chi connectivity index (χ0n) is 17.4. The van der Waals surface area contributed by atoms with E-state index in [2.05, 4.69) is 20.2 Å². The number of nitrogens with one attached hydrogen (secondary N) is 2. The fourth-order valence-corrected chi connectivity index (χ4v) is 5.47. The van der Waals surface area contributed by atoms with Gasteiger partial charge in [-0.15, -0.1) is 0 Å². The highest BCUT2D eigenvalue weighted by molar-refractivity contribution is 7.90. The molecule has 178 valence electrons. The third-order valence-corrected chi connectivity index (χ3v) is 7.32. The number of fused-ring (bicyclic) bond motifs is 1. The molecule has 0 fully saturated rings. The minimum absolute atomic E-state index is 0.0338. The second-order valence-electron chi connectivity index (χ2n) is 7.59. The van der Waals surface area contributed by atoms with Gasteiger partial charge in [-0.1, -0.05) is 23.7 Å². The number of hydrogen-bond acceptors (Lipinski definition) is 4. The van der Waals surface area contributed by atoms with Crippen LogP contribution >= 0.6 is 11.6 Å². The van der Waals surface area contributed by atoms with E-state index < -0.39 is 60.4 Å². The Morgan fingerprint density at radius 1 is 0.943 bits per heavy atom. The monoisotopic (exact) mass is 520 g/mol. The minimum Gasteiger partial charge on any atom is -0.343 e. The number of aromatic nitrogens is 4. The summed E-state index contributed by atoms with van der Waals surface area (Å²) in [6.45, 7) is 0. The molecule has 3 aromatic carbocycles. The summed E-state index contributed by atoms with van der Waals surface area (Å²) in [6, 6.07) is 7.24. The number of halogens is 5. The molecule has 2 aromatic heterocycles. The summed E-state index contributed by atoms with van der Waals surface area (Å²) in [7, 11) is -4.41. The van der Waals surface area contributed by atoms with Gasteiger partial charge in [0, 0.05) is 33.9 Å². The molecule has 6 nitrogen and oxygen atoms in total. The molecule has 0 radical (unpaired) electrons. The minimum atomic E-state index is -4.41. The Morgan fingerprint density at radius 3 is 2.46 bits per heavy atom. The van der Waals surface area contributed by atoms with Gasteiger partial charge in [0.2, 0.25) is 0 Å². The lowest BCUT2D eigenvalue weighted by Crippen LogP contribution is -2.10. The van der Waals surface area contributed by atoms with Crippen molar-refractivity contribution in [3.05, 3.63) is 88.7 Å². The van der Waals surface area contributed by atoms with Gasteiger partial charge in [0.05, 0.1) is 11.3 Å². The molecule has 0 aliphatic carbocycles. The predicted molar refractivity (Wildman–Crippen MR) is 121 cm³/mol. The van der Waals surface area contributed by atoms with Crippen molar-refractivity contribution < 1.29 is 26.0 Å². The number of sulfone groups is 1. The van der Waals surface area contributed by atoms with Crippen molar-refractivity contribution in [2.45, 2.75) is 10.6 Å². The first-order valence-corrected chi connectivity index (χ1v) is 12.0. The second-order valence-corrected chi connectivity index (χ2v) is 9.98. The van der Waals surface area contributed by atoms with Crippen molar-refractivity contribution in [1.82, 2.24) is 20.2 Å². The number of H-pyrrole nitrogens is 2. The van der Waals surface area contributed by atoms with Crippen molar-refractivity contribution in [2.24, 2.45) is 0 Å². The van der Waals surface area contributed by atoms with E-state index in [4.69, 9.17) is 11.6 Å². The van der Waals surface area contributed by atoms with Crippen LogP contribution in [0.1, 0.15) is 5.56 Å². The SMILES string of the molecule is O=S(=O)(Cc1ccc(F)c(-c2ccc3c(-c4ncc[nH]4)[nH]nc3c2F)c1F)c1cc(Cl)ccc1F. The highest BCUT2D eigenvalue weighted by Crippen LogP contribution is 2.36. The molecule has 0 saturated carbocycles. The van der Waals surface area contributed by atoms with Gasteiger partial charge in [-0.3, -0.25) is 5.10 Å². The largest absolute Gasteiger partial charge is 0.343 e. The normalized spacial score (nSPS) is 11.9. The number of imidazole rings is 1. The highest BCUT2D eigenvalue weighted by atomic mass is 35.5. The Morgan fingerprint density at radius 2 is 1.71 bits per heavy atom. The van der Waals surface area contributed by atoms with Crippen LogP contribution in [-0.2, 0) is 15.6 Å². The maximum Gasteiger partial charge on any atom is 0.185 e. The van der Waals surface area contributed by atoms with E-state index in [1.165, 1.54) is 12.3 Å². The summed E-state index contributed by atoms with van der Waals surface area (Å²) in [4.78, 5) is 6.19. The number of rotatable bonds is 5. The fourth-order valence-electron chi connectivity index (χ4n) is 3.78. The number of hydrogen-bond donors (Lipinski definition) is 2. The van der Waals surface area contributed by atoms with E-state index >= 15 is 8.78 Å². The molecule has 5 aromatic rings. The van der Waals surface area contributed by atoms with Gasteiger partial charge in [0.25, 0.3) is 0 Å². The Labute approximate surface area is 200 Å². The summed E-state index contributed by atoms with van der Waals surface area (Å²) < 4.78 is 85.2. The smallest absolute Gasteiger partial charge is 0.185 e. The maximum absolute atomic E-state index is 15.4. The zero-order chi connectivity index (χ0) is 24.9. The van der Waals surface area contributed by atoms with Gasteiger partial charge in [0.15, 0.2) is 21.5 Å². The molecule has 0 saturated heterocycles. The van der Waals surface area contributed by atoms with Crippen molar-refractivity contribution in [2.75, 3.05) is 0 Å². The standard InChI is InChI=1S/C23H13ClF4N4O2S/c24-12-2-6-15(25)17(9-12)35(33,34)10-11-1-5-16(26)18(19(11)27)13-3-4-14-21(20(13)28)31-32-22(14)23-29-7-8-30-23/h1-9H,10H2,(H,29,30)(H,31,32). The van der Waals surface area contributed by atoms with E-state index in [1.54, 1.807) is 6.20 Å². The van der Waals surface area contributed by atoms with E-state index in [9.17, 15) is 17.2 Å². The molecule has 35 heavy (non-hydrogen) atoms. The van der Waals surface area contributed by atoms with Crippen molar-refractivity contribution >= 4 is 32.3 Å². The van der Waals surface area contributed by atoms with Crippen LogP contribution in [0.4, 0.5) is 17.6 Å². The fraction of sp³-hybridized carbons (Fsp3) is 0.0435. The third-order valence-electron chi connectivity index (χ3n) is 5.41. The van der Waals surface area contributed by atoms with Crippen molar-refractivity contribution in [3.8, 4) is 22.6 Å². The average Bonchev–Trinajstić information content (AvgIpc) is 3.49. The molecule has 0 spiro atoms. The van der Waals surface area contributed by atoms with E-state index in [0.29, 0.717) is 16.9 Å². The lowest BCUT2D eigenvalue weighted by Gasteiger charge is -2.12. The van der Waals surface area contributed by atoms with E-state index in [-0.39, 0.29) is 10.5 Å². The van der Waals surface area contributed by atoms with Crippen LogP contribution in [0, 0.1) is 23.3 Å². The van der Waals surface area contributed by atoms with Gasteiger partial charge in [-0.25, -0.2) is 31.0 Å². The molecule has 0 bridgehead atoms. The number of nitrogens with zero attached hydrogens (tertiary/aromatic N) is 2. The first kappa shape index (κ1) is 23.1. The van der Waals surface area contributed by atoms with Gasteiger partial charge in [-0.2, -0.15) is 5.10 Å². The lowest BCUT2D eigenvalue weighted by molar-refractivity contribution is 0.559. The first-order chi connectivity index (χ1) is 16.7. The van der Waals surface area contributed by atoms with Crippen LogP contribution in [0.25, 0.3) is 33.5 Å². The van der Waals surface area contributed by atoms with Crippen LogP contribution in [0.2, 0.25) is 5.02 Å². The number of aromatic amines is 2. The molecule has 2 heterocycles. The van der Waals surface area contributed by atoms with E-state index in [0.717, 1.165) is 36.4 Å². The van der Waals surface area contributed by atoms with Gasteiger partial charge in [-0.05, 0) is 30.3 Å². The Balaban J connectivity index is 1.60. The third kappa shape index (κ3) is 3.96. The molecule has 5 rings (SSSR count). The molecule has 0 aliphatic rings. The second kappa shape index (κ2) is 8.51. The molecule has 0 atom stereocenters. The predicted octanol–water partition coefficient (Wildman–Crippen LogP) is 5.80. The van der Waals surface area contributed by atoms with E-state index in [1.807, 2.05) is 0 Å². The molecule has 12 heteroatoms. The summed E-state index contributed by atoms with van der Waals surface area (Å²) in [5.74, 6) is -5.11. The van der Waals surface area contributed by atoms with Gasteiger partial charge < -0.3 is 4.98 Å². The van der Waals surface area contributed by atoms with Crippen molar-refractivity contribution in [3.63, 3.8) is 0 Å². The Bertz CT molecular complexity index is 1700. The molecular formula is C23H13ClF4N4O2S. The summed E-state index contributed by atoms with van der Waals surface area (Å²) >= 11 is 5.77. The molecular weight excluding hydrogens is 508 g/mol. The summed E-state index contributed by atoms with van der Waals surface area (Å²) in [5, 5.41) is 6.83. The van der Waals surface area contributed by atoms with Crippen LogP contribution in [-0.4, -0.2) is 28.6 Å². The van der Waals surface area contributed by atoms with Crippen LogP contribution in [0.15, 0.2) is 59.8 Å². The lowest BCUT2D eigenvalue weighted by atomic mass is 9.99. The number of benzene rings is 3. The Hall–Kier alpha value is -3.70. The van der Waals surface area contributed by atoms with Crippen LogP contribution in [0.3, 0.4) is 0 Å². The Kier molecular flexibility index (Phi) is 5.60. The molecule has 0 amide bonds. The first-order valence-electron chi connectivity index (χ1n) is 9.99. The van der Waals surface area contributed by atoms with Crippen LogP contribution in [0.5, 0.6) is 0 Å². The zero-order valence-corrected chi connectivity index (χ0v) is 19.0. The topological polar surface area (TPSA) is 91.5 Å². The summed E-state index contributed by atoms with van der Waals surface area (Å²) in [6.07, 6.45) is 3.05. The molecule has 2 N–H and O–H groups in total. The van der Waals surface area contributed by atoms with Crippen molar-refractivity contribution in [1.29, 1.82) is 0 Å². The van der Waals surface area contributed by atoms with Crippen LogP contribution < -0.4 is 0 Å². The molecule has 0 unspecified atom stereocenters. The molecule has 0 aliphatic heterocycles. The van der Waals surface area contributed by atoms with Gasteiger partial charge in [0.1, 0.15) is 33.6 Å². The quantitative estimate of drug-likeness (QED) is 0.286.